The van der Waals surface area contributed by atoms with Crippen molar-refractivity contribution >= 4 is 12.6 Å². The molecule has 3 nitrogen and oxygen atoms in total. The summed E-state index contributed by atoms with van der Waals surface area (Å²) in [6.07, 6.45) is 2.18. The van der Waals surface area contributed by atoms with Crippen LogP contribution in [0.3, 0.4) is 0 Å². The van der Waals surface area contributed by atoms with E-state index in [4.69, 9.17) is 5.26 Å². The molecule has 1 N–H and O–H groups in total. The van der Waals surface area contributed by atoms with Gasteiger partial charge in [0, 0.05) is 23.9 Å². The molecule has 14 heavy (non-hydrogen) atoms. The van der Waals surface area contributed by atoms with E-state index in [1.165, 1.54) is 12.3 Å². The number of thiol groups is 1. The SMILES string of the molecule is N#Cc1cc(C#CCCS)c[nH]c1=O. The molecule has 0 amide bonds. The number of hydrogen-bond acceptors (Lipinski definition) is 3. The molecule has 1 heterocycles. The van der Waals surface area contributed by atoms with Gasteiger partial charge in [0.2, 0.25) is 0 Å². The van der Waals surface area contributed by atoms with Gasteiger partial charge in [-0.15, -0.1) is 0 Å². The van der Waals surface area contributed by atoms with E-state index in [1.54, 1.807) is 6.07 Å². The summed E-state index contributed by atoms with van der Waals surface area (Å²) >= 11 is 4.01. The normalized spacial score (nSPS) is 8.57. The minimum atomic E-state index is -0.382. The molecular formula is C10H8N2OS. The molecule has 0 aliphatic carbocycles. The van der Waals surface area contributed by atoms with E-state index in [0.29, 0.717) is 17.7 Å². The number of hydrogen-bond donors (Lipinski definition) is 2. The van der Waals surface area contributed by atoms with Crippen LogP contribution in [0.5, 0.6) is 0 Å². The van der Waals surface area contributed by atoms with Gasteiger partial charge in [-0.05, 0) is 6.07 Å². The fourth-order valence-electron chi connectivity index (χ4n) is 0.859. The Morgan fingerprint density at radius 2 is 2.36 bits per heavy atom. The number of rotatable bonds is 1. The highest BCUT2D eigenvalue weighted by atomic mass is 32.1. The third-order valence-corrected chi connectivity index (χ3v) is 1.72. The molecule has 0 bridgehead atoms. The summed E-state index contributed by atoms with van der Waals surface area (Å²) in [7, 11) is 0. The van der Waals surface area contributed by atoms with E-state index in [0.717, 1.165) is 0 Å². The Hall–Kier alpha value is -1.65. The average Bonchev–Trinajstić information content (AvgIpc) is 2.21. The second kappa shape index (κ2) is 5.16. The van der Waals surface area contributed by atoms with Gasteiger partial charge in [0.15, 0.2) is 0 Å². The second-order valence-corrected chi connectivity index (χ2v) is 2.97. The highest BCUT2D eigenvalue weighted by Crippen LogP contribution is 1.95. The summed E-state index contributed by atoms with van der Waals surface area (Å²) in [5.41, 5.74) is 0.345. The van der Waals surface area contributed by atoms with E-state index in [2.05, 4.69) is 29.5 Å². The van der Waals surface area contributed by atoms with Gasteiger partial charge in [0.1, 0.15) is 11.6 Å². The summed E-state index contributed by atoms with van der Waals surface area (Å²) in [4.78, 5) is 13.4. The summed E-state index contributed by atoms with van der Waals surface area (Å²) < 4.78 is 0. The first-order chi connectivity index (χ1) is 6.77. The monoisotopic (exact) mass is 204 g/mol. The fourth-order valence-corrected chi connectivity index (χ4v) is 0.971. The zero-order chi connectivity index (χ0) is 10.4. The number of nitrogens with zero attached hydrogens (tertiary/aromatic N) is 1. The first-order valence-corrected chi connectivity index (χ1v) is 4.63. The van der Waals surface area contributed by atoms with Crippen molar-refractivity contribution in [3.63, 3.8) is 0 Å². The number of pyridine rings is 1. The molecule has 0 saturated heterocycles. The maximum absolute atomic E-state index is 11.0. The topological polar surface area (TPSA) is 56.6 Å². The Morgan fingerprint density at radius 1 is 1.57 bits per heavy atom. The van der Waals surface area contributed by atoms with E-state index in [1.807, 2.05) is 0 Å². The predicted octanol–water partition coefficient (Wildman–Crippen LogP) is 0.918. The first kappa shape index (κ1) is 10.4. The molecule has 0 unspecified atom stereocenters. The molecular weight excluding hydrogens is 196 g/mol. The van der Waals surface area contributed by atoms with E-state index >= 15 is 0 Å². The van der Waals surface area contributed by atoms with Crippen molar-refractivity contribution in [1.82, 2.24) is 4.98 Å². The molecule has 0 radical (unpaired) electrons. The van der Waals surface area contributed by atoms with Crippen LogP contribution in [-0.4, -0.2) is 10.7 Å². The summed E-state index contributed by atoms with van der Waals surface area (Å²) in [5.74, 6) is 6.39. The molecule has 1 aromatic rings. The van der Waals surface area contributed by atoms with Crippen molar-refractivity contribution in [2.45, 2.75) is 6.42 Å². The lowest BCUT2D eigenvalue weighted by molar-refractivity contribution is 1.20. The molecule has 4 heteroatoms. The molecule has 1 aromatic heterocycles. The van der Waals surface area contributed by atoms with Crippen LogP contribution in [0.25, 0.3) is 0 Å². The van der Waals surface area contributed by atoms with Crippen LogP contribution in [0.4, 0.5) is 0 Å². The smallest absolute Gasteiger partial charge is 0.265 e. The lowest BCUT2D eigenvalue weighted by Crippen LogP contribution is -2.09. The van der Waals surface area contributed by atoms with Crippen molar-refractivity contribution in [1.29, 1.82) is 5.26 Å². The van der Waals surface area contributed by atoms with Gasteiger partial charge in [-0.3, -0.25) is 4.79 Å². The minimum absolute atomic E-state index is 0.0858. The van der Waals surface area contributed by atoms with Crippen molar-refractivity contribution in [2.24, 2.45) is 0 Å². The molecule has 0 saturated carbocycles. The Bertz CT molecular complexity index is 473. The highest BCUT2D eigenvalue weighted by molar-refractivity contribution is 7.80. The summed E-state index contributed by atoms with van der Waals surface area (Å²) in [5, 5.41) is 8.58. The van der Waals surface area contributed by atoms with E-state index in [9.17, 15) is 4.79 Å². The van der Waals surface area contributed by atoms with Crippen molar-refractivity contribution in [3.05, 3.63) is 33.7 Å². The van der Waals surface area contributed by atoms with Crippen molar-refractivity contribution < 1.29 is 0 Å². The summed E-state index contributed by atoms with van der Waals surface area (Å²) in [6, 6.07) is 3.28. The number of aromatic nitrogens is 1. The van der Waals surface area contributed by atoms with E-state index in [-0.39, 0.29) is 11.1 Å². The number of H-pyrrole nitrogens is 1. The number of aromatic amines is 1. The van der Waals surface area contributed by atoms with Crippen molar-refractivity contribution in [3.8, 4) is 17.9 Å². The fraction of sp³-hybridized carbons (Fsp3) is 0.200. The standard InChI is InChI=1S/C10H8N2OS/c11-6-9-5-8(3-1-2-4-14)7-12-10(9)13/h5,7,14H,2,4H2,(H,12,13). The van der Waals surface area contributed by atoms with Gasteiger partial charge in [0.05, 0.1) is 0 Å². The molecule has 0 spiro atoms. The first-order valence-electron chi connectivity index (χ1n) is 4.00. The van der Waals surface area contributed by atoms with Gasteiger partial charge >= 0.3 is 0 Å². The van der Waals surface area contributed by atoms with Crippen LogP contribution < -0.4 is 5.56 Å². The molecule has 0 aliphatic rings. The maximum atomic E-state index is 11.0. The number of nitriles is 1. The van der Waals surface area contributed by atoms with Crippen LogP contribution in [0.2, 0.25) is 0 Å². The lowest BCUT2D eigenvalue weighted by atomic mass is 10.2. The summed E-state index contributed by atoms with van der Waals surface area (Å²) in [6.45, 7) is 0. The van der Waals surface area contributed by atoms with Gasteiger partial charge in [0.25, 0.3) is 5.56 Å². The van der Waals surface area contributed by atoms with E-state index < -0.39 is 0 Å². The van der Waals surface area contributed by atoms with Crippen LogP contribution >= 0.6 is 12.6 Å². The zero-order valence-electron chi connectivity index (χ0n) is 7.37. The average molecular weight is 204 g/mol. The molecule has 0 aromatic carbocycles. The van der Waals surface area contributed by atoms with Gasteiger partial charge in [-0.25, -0.2) is 0 Å². The molecule has 0 atom stereocenters. The number of nitrogens with one attached hydrogen (secondary N) is 1. The van der Waals surface area contributed by atoms with Crippen LogP contribution in [0, 0.1) is 23.2 Å². The molecule has 0 fully saturated rings. The molecule has 0 aliphatic heterocycles. The largest absolute Gasteiger partial charge is 0.327 e. The quantitative estimate of drug-likeness (QED) is 0.528. The molecule has 1 rings (SSSR count). The lowest BCUT2D eigenvalue weighted by Gasteiger charge is -1.90. The van der Waals surface area contributed by atoms with Crippen LogP contribution in [-0.2, 0) is 0 Å². The van der Waals surface area contributed by atoms with Gasteiger partial charge in [-0.1, -0.05) is 11.8 Å². The second-order valence-electron chi connectivity index (χ2n) is 2.52. The Labute approximate surface area is 87.2 Å². The Balaban J connectivity index is 2.99. The van der Waals surface area contributed by atoms with Crippen LogP contribution in [0.15, 0.2) is 17.1 Å². The minimum Gasteiger partial charge on any atom is -0.327 e. The maximum Gasteiger partial charge on any atom is 0.265 e. The van der Waals surface area contributed by atoms with Gasteiger partial charge in [-0.2, -0.15) is 17.9 Å². The Morgan fingerprint density at radius 3 is 3.00 bits per heavy atom. The van der Waals surface area contributed by atoms with Crippen molar-refractivity contribution in [2.75, 3.05) is 5.75 Å². The zero-order valence-corrected chi connectivity index (χ0v) is 8.27. The third-order valence-electron chi connectivity index (χ3n) is 1.49. The van der Waals surface area contributed by atoms with Crippen LogP contribution in [0.1, 0.15) is 17.5 Å². The van der Waals surface area contributed by atoms with Gasteiger partial charge < -0.3 is 4.98 Å². The predicted molar refractivity (Wildman–Crippen MR) is 57.1 cm³/mol. The highest BCUT2D eigenvalue weighted by Gasteiger charge is 1.97. The third kappa shape index (κ3) is 2.69. The Kier molecular flexibility index (Phi) is 3.84. The molecule has 70 valence electrons.